The van der Waals surface area contributed by atoms with Crippen molar-refractivity contribution in [2.45, 2.75) is 29.6 Å². The van der Waals surface area contributed by atoms with Crippen molar-refractivity contribution in [1.82, 2.24) is 9.36 Å². The zero-order valence-electron chi connectivity index (χ0n) is 8.47. The van der Waals surface area contributed by atoms with Crippen LogP contribution in [0.4, 0.5) is 0 Å². The Balaban J connectivity index is 2.19. The van der Waals surface area contributed by atoms with E-state index in [1.54, 1.807) is 18.7 Å². The van der Waals surface area contributed by atoms with E-state index < -0.39 is 11.4 Å². The van der Waals surface area contributed by atoms with Gasteiger partial charge in [0.05, 0.1) is 5.54 Å². The summed E-state index contributed by atoms with van der Waals surface area (Å²) in [7, 11) is 0. The number of carbonyl (C=O) groups is 1. The number of rotatable bonds is 6. The van der Waals surface area contributed by atoms with E-state index in [1.807, 2.05) is 0 Å². The minimum Gasteiger partial charge on any atom is -0.368 e. The van der Waals surface area contributed by atoms with Gasteiger partial charge in [-0.2, -0.15) is 4.37 Å². The van der Waals surface area contributed by atoms with Crippen LogP contribution >= 0.6 is 23.3 Å². The molecule has 84 valence electrons. The van der Waals surface area contributed by atoms with Crippen molar-refractivity contribution in [2.24, 2.45) is 11.5 Å². The number of primary amides is 1. The molecule has 1 amide bonds. The summed E-state index contributed by atoms with van der Waals surface area (Å²) in [5.41, 5.74) is 9.96. The van der Waals surface area contributed by atoms with Gasteiger partial charge in [-0.05, 0) is 31.3 Å². The van der Waals surface area contributed by atoms with E-state index in [4.69, 9.17) is 11.5 Å². The largest absolute Gasteiger partial charge is 0.368 e. The van der Waals surface area contributed by atoms with Gasteiger partial charge >= 0.3 is 0 Å². The first-order valence-corrected chi connectivity index (χ1v) is 6.26. The molecule has 1 aromatic heterocycles. The van der Waals surface area contributed by atoms with Crippen LogP contribution in [0.1, 0.15) is 19.8 Å². The lowest BCUT2D eigenvalue weighted by atomic mass is 9.97. The number of nitrogens with two attached hydrogens (primary N) is 2. The molecular formula is C8H14N4OS2. The highest BCUT2D eigenvalue weighted by atomic mass is 32.2. The minimum absolute atomic E-state index is 0.455. The van der Waals surface area contributed by atoms with Gasteiger partial charge in [-0.1, -0.05) is 11.8 Å². The second kappa shape index (κ2) is 5.43. The summed E-state index contributed by atoms with van der Waals surface area (Å²) < 4.78 is 4.83. The van der Waals surface area contributed by atoms with Crippen LogP contribution in [0.2, 0.25) is 0 Å². The van der Waals surface area contributed by atoms with Gasteiger partial charge in [0.2, 0.25) is 5.91 Å². The molecule has 1 atom stereocenters. The molecule has 0 spiro atoms. The van der Waals surface area contributed by atoms with Crippen molar-refractivity contribution in [3.05, 3.63) is 6.33 Å². The number of aromatic nitrogens is 2. The second-order valence-corrected chi connectivity index (χ2v) is 5.56. The Morgan fingerprint density at radius 2 is 2.47 bits per heavy atom. The molecule has 0 aliphatic rings. The zero-order chi connectivity index (χ0) is 11.3. The second-order valence-electron chi connectivity index (χ2n) is 3.44. The monoisotopic (exact) mass is 246 g/mol. The molecule has 0 radical (unpaired) electrons. The molecule has 7 heteroatoms. The standard InChI is InChI=1S/C8H14N4OS2/c1-8(10,6(9)13)3-2-4-14-7-11-5-12-15-7/h5H,2-4,10H2,1H3,(H2,9,13). The number of thioether (sulfide) groups is 1. The Kier molecular flexibility index (Phi) is 4.49. The molecule has 1 rings (SSSR count). The zero-order valence-corrected chi connectivity index (χ0v) is 10.1. The van der Waals surface area contributed by atoms with Crippen LogP contribution < -0.4 is 11.5 Å². The normalized spacial score (nSPS) is 14.8. The summed E-state index contributed by atoms with van der Waals surface area (Å²) in [4.78, 5) is 14.9. The molecule has 0 bridgehead atoms. The first-order chi connectivity index (χ1) is 7.02. The van der Waals surface area contributed by atoms with Crippen LogP contribution in [0.25, 0.3) is 0 Å². The van der Waals surface area contributed by atoms with Crippen LogP contribution in [0.3, 0.4) is 0 Å². The predicted molar refractivity (Wildman–Crippen MR) is 61.7 cm³/mol. The Labute approximate surface area is 96.8 Å². The molecule has 0 aromatic carbocycles. The van der Waals surface area contributed by atoms with Crippen molar-refractivity contribution in [3.8, 4) is 0 Å². The highest BCUT2D eigenvalue weighted by Gasteiger charge is 2.24. The SMILES string of the molecule is CC(N)(CCCSc1ncns1)C(N)=O. The molecule has 5 nitrogen and oxygen atoms in total. The minimum atomic E-state index is -0.901. The van der Waals surface area contributed by atoms with E-state index in [0.717, 1.165) is 16.5 Å². The maximum atomic E-state index is 10.9. The molecule has 0 saturated heterocycles. The van der Waals surface area contributed by atoms with Gasteiger partial charge in [-0.3, -0.25) is 4.79 Å². The van der Waals surface area contributed by atoms with E-state index in [1.165, 1.54) is 17.9 Å². The van der Waals surface area contributed by atoms with Crippen LogP contribution in [-0.4, -0.2) is 26.6 Å². The Hall–Kier alpha value is -0.660. The number of hydrogen-bond acceptors (Lipinski definition) is 6. The fourth-order valence-electron chi connectivity index (χ4n) is 0.949. The first kappa shape index (κ1) is 12.4. The molecule has 0 fully saturated rings. The van der Waals surface area contributed by atoms with Crippen LogP contribution in [0, 0.1) is 0 Å². The topological polar surface area (TPSA) is 94.9 Å². The highest BCUT2D eigenvalue weighted by Crippen LogP contribution is 2.20. The summed E-state index contributed by atoms with van der Waals surface area (Å²) in [6.45, 7) is 1.66. The fraction of sp³-hybridized carbons (Fsp3) is 0.625. The molecule has 15 heavy (non-hydrogen) atoms. The van der Waals surface area contributed by atoms with Crippen molar-refractivity contribution < 1.29 is 4.79 Å². The Morgan fingerprint density at radius 1 is 1.73 bits per heavy atom. The predicted octanol–water partition coefficient (Wildman–Crippen LogP) is 0.613. The van der Waals surface area contributed by atoms with Crippen molar-refractivity contribution in [1.29, 1.82) is 0 Å². The van der Waals surface area contributed by atoms with Gasteiger partial charge in [0.1, 0.15) is 6.33 Å². The summed E-state index contributed by atoms with van der Waals surface area (Å²) in [5, 5.41) is 0. The smallest absolute Gasteiger partial charge is 0.237 e. The van der Waals surface area contributed by atoms with Gasteiger partial charge < -0.3 is 11.5 Å². The summed E-state index contributed by atoms with van der Waals surface area (Å²) in [6.07, 6.45) is 2.96. The third-order valence-corrected chi connectivity index (χ3v) is 3.85. The van der Waals surface area contributed by atoms with Gasteiger partial charge in [-0.15, -0.1) is 0 Å². The van der Waals surface area contributed by atoms with Gasteiger partial charge in [0, 0.05) is 5.75 Å². The maximum Gasteiger partial charge on any atom is 0.237 e. The molecule has 1 heterocycles. The number of hydrogen-bond donors (Lipinski definition) is 2. The van der Waals surface area contributed by atoms with E-state index >= 15 is 0 Å². The molecule has 0 saturated carbocycles. The molecule has 1 unspecified atom stereocenters. The lowest BCUT2D eigenvalue weighted by molar-refractivity contribution is -0.122. The highest BCUT2D eigenvalue weighted by molar-refractivity contribution is 8.00. The molecule has 0 aliphatic heterocycles. The van der Waals surface area contributed by atoms with Gasteiger partial charge in [0.25, 0.3) is 0 Å². The van der Waals surface area contributed by atoms with Gasteiger partial charge in [-0.25, -0.2) is 4.98 Å². The van der Waals surface area contributed by atoms with Crippen molar-refractivity contribution >= 4 is 29.2 Å². The molecule has 1 aromatic rings. The fourth-order valence-corrected chi connectivity index (χ4v) is 2.40. The van der Waals surface area contributed by atoms with E-state index in [9.17, 15) is 4.79 Å². The lowest BCUT2D eigenvalue weighted by Crippen LogP contribution is -2.49. The van der Waals surface area contributed by atoms with Crippen LogP contribution in [0.5, 0.6) is 0 Å². The van der Waals surface area contributed by atoms with Gasteiger partial charge in [0.15, 0.2) is 4.34 Å². The summed E-state index contributed by atoms with van der Waals surface area (Å²) in [5.74, 6) is 0.415. The lowest BCUT2D eigenvalue weighted by Gasteiger charge is -2.19. The molecular weight excluding hydrogens is 232 g/mol. The average Bonchev–Trinajstić information content (AvgIpc) is 2.64. The summed E-state index contributed by atoms with van der Waals surface area (Å²) in [6, 6.07) is 0. The van der Waals surface area contributed by atoms with Crippen molar-refractivity contribution in [3.63, 3.8) is 0 Å². The quantitative estimate of drug-likeness (QED) is 0.566. The van der Waals surface area contributed by atoms with E-state index in [-0.39, 0.29) is 0 Å². The number of nitrogens with zero attached hydrogens (tertiary/aromatic N) is 2. The Morgan fingerprint density at radius 3 is 3.00 bits per heavy atom. The van der Waals surface area contributed by atoms with E-state index in [2.05, 4.69) is 9.36 Å². The van der Waals surface area contributed by atoms with Crippen molar-refractivity contribution in [2.75, 3.05) is 5.75 Å². The number of amides is 1. The summed E-state index contributed by atoms with van der Waals surface area (Å²) >= 11 is 2.98. The third-order valence-electron chi connectivity index (χ3n) is 1.97. The average molecular weight is 246 g/mol. The first-order valence-electron chi connectivity index (χ1n) is 4.50. The maximum absolute atomic E-state index is 10.9. The number of carbonyl (C=O) groups excluding carboxylic acids is 1. The van der Waals surface area contributed by atoms with E-state index in [0.29, 0.717) is 6.42 Å². The molecule has 0 aliphatic carbocycles. The molecule has 4 N–H and O–H groups in total. The van der Waals surface area contributed by atoms with Crippen LogP contribution in [0.15, 0.2) is 10.7 Å². The third kappa shape index (κ3) is 4.15. The van der Waals surface area contributed by atoms with Crippen LogP contribution in [-0.2, 0) is 4.79 Å². The Bertz CT molecular complexity index is 312.